The van der Waals surface area contributed by atoms with E-state index in [0.717, 1.165) is 10.8 Å². The van der Waals surface area contributed by atoms with Crippen molar-refractivity contribution in [2.24, 2.45) is 0 Å². The predicted octanol–water partition coefficient (Wildman–Crippen LogP) is 3.45. The molecule has 1 saturated carbocycles. The Bertz CT molecular complexity index is 548. The minimum Gasteiger partial charge on any atom is -0.338 e. The Kier molecular flexibility index (Phi) is 3.53. The first-order valence-corrected chi connectivity index (χ1v) is 6.91. The molecule has 1 aromatic heterocycles. The van der Waals surface area contributed by atoms with Crippen LogP contribution in [0.1, 0.15) is 49.0 Å². The van der Waals surface area contributed by atoms with Gasteiger partial charge >= 0.3 is 0 Å². The lowest BCUT2D eigenvalue weighted by Crippen LogP contribution is -2.18. The molecule has 3 rings (SSSR count). The molecule has 0 aliphatic heterocycles. The number of hydrogen-bond donors (Lipinski definition) is 1. The molecule has 5 heteroatoms. The summed E-state index contributed by atoms with van der Waals surface area (Å²) in [6, 6.07) is 8.04. The Morgan fingerprint density at radius 1 is 1.37 bits per heavy atom. The van der Waals surface area contributed by atoms with Crippen LogP contribution in [0.15, 0.2) is 28.8 Å². The highest BCUT2D eigenvalue weighted by atomic mass is 35.5. The van der Waals surface area contributed by atoms with E-state index < -0.39 is 0 Å². The molecule has 1 aliphatic rings. The summed E-state index contributed by atoms with van der Waals surface area (Å²) in [5.74, 6) is 2.05. The van der Waals surface area contributed by atoms with Gasteiger partial charge in [0.05, 0.1) is 6.54 Å². The molecule has 19 heavy (non-hydrogen) atoms. The molecule has 1 aromatic carbocycles. The van der Waals surface area contributed by atoms with Gasteiger partial charge in [0, 0.05) is 17.0 Å². The number of nitrogens with zero attached hydrogens (tertiary/aromatic N) is 2. The third-order valence-corrected chi connectivity index (χ3v) is 3.61. The second kappa shape index (κ2) is 5.31. The van der Waals surface area contributed by atoms with Crippen LogP contribution >= 0.6 is 11.6 Å². The van der Waals surface area contributed by atoms with Crippen LogP contribution in [-0.4, -0.2) is 10.1 Å². The molecule has 1 N–H and O–H groups in total. The first kappa shape index (κ1) is 12.6. The number of benzene rings is 1. The van der Waals surface area contributed by atoms with Gasteiger partial charge in [-0.2, -0.15) is 4.98 Å². The topological polar surface area (TPSA) is 51.0 Å². The minimum atomic E-state index is 0.216. The van der Waals surface area contributed by atoms with Crippen molar-refractivity contribution in [1.82, 2.24) is 15.5 Å². The van der Waals surface area contributed by atoms with Crippen LogP contribution in [0.5, 0.6) is 0 Å². The van der Waals surface area contributed by atoms with Crippen LogP contribution in [0.4, 0.5) is 0 Å². The average Bonchev–Trinajstić information content (AvgIpc) is 3.16. The van der Waals surface area contributed by atoms with Crippen molar-refractivity contribution in [2.45, 2.75) is 38.3 Å². The van der Waals surface area contributed by atoms with Crippen LogP contribution in [0, 0.1) is 0 Å². The van der Waals surface area contributed by atoms with Gasteiger partial charge in [-0.05, 0) is 37.5 Å². The number of rotatable bonds is 5. The maximum Gasteiger partial charge on any atom is 0.240 e. The molecule has 1 unspecified atom stereocenters. The third kappa shape index (κ3) is 3.14. The maximum absolute atomic E-state index is 5.87. The first-order valence-electron chi connectivity index (χ1n) is 6.53. The van der Waals surface area contributed by atoms with Gasteiger partial charge in [-0.1, -0.05) is 28.9 Å². The Hall–Kier alpha value is -1.39. The second-order valence-electron chi connectivity index (χ2n) is 4.97. The van der Waals surface area contributed by atoms with E-state index in [1.54, 1.807) is 0 Å². The van der Waals surface area contributed by atoms with Crippen LogP contribution in [-0.2, 0) is 6.54 Å². The lowest BCUT2D eigenvalue weighted by atomic mass is 10.1. The van der Waals surface area contributed by atoms with Gasteiger partial charge in [0.2, 0.25) is 5.89 Å². The van der Waals surface area contributed by atoms with Gasteiger partial charge < -0.3 is 9.84 Å². The van der Waals surface area contributed by atoms with E-state index in [1.807, 2.05) is 24.3 Å². The smallest absolute Gasteiger partial charge is 0.240 e. The maximum atomic E-state index is 5.87. The molecule has 1 heterocycles. The van der Waals surface area contributed by atoms with Crippen LogP contribution in [0.25, 0.3) is 0 Å². The number of nitrogens with one attached hydrogen (secondary N) is 1. The summed E-state index contributed by atoms with van der Waals surface area (Å²) in [5, 5.41) is 8.12. The van der Waals surface area contributed by atoms with Crippen molar-refractivity contribution >= 4 is 11.6 Å². The van der Waals surface area contributed by atoms with E-state index in [1.165, 1.54) is 18.4 Å². The summed E-state index contributed by atoms with van der Waals surface area (Å²) in [5.41, 5.74) is 1.19. The van der Waals surface area contributed by atoms with Gasteiger partial charge in [0.25, 0.3) is 0 Å². The van der Waals surface area contributed by atoms with Gasteiger partial charge in [-0.25, -0.2) is 0 Å². The zero-order valence-electron chi connectivity index (χ0n) is 10.8. The average molecular weight is 278 g/mol. The molecule has 0 amide bonds. The number of aromatic nitrogens is 2. The quantitative estimate of drug-likeness (QED) is 0.909. The zero-order valence-corrected chi connectivity index (χ0v) is 11.5. The molecule has 0 bridgehead atoms. The predicted molar refractivity (Wildman–Crippen MR) is 73.0 cm³/mol. The standard InChI is InChI=1S/C14H16ClN3O/c1-9(10-4-6-12(15)7-5-10)16-8-13-17-14(18-19-13)11-2-3-11/h4-7,9,11,16H,2-3,8H2,1H3. The molecule has 1 fully saturated rings. The van der Waals surface area contributed by atoms with Crippen molar-refractivity contribution < 1.29 is 4.52 Å². The van der Waals surface area contributed by atoms with Gasteiger partial charge in [-0.15, -0.1) is 0 Å². The molecule has 0 spiro atoms. The largest absolute Gasteiger partial charge is 0.338 e. The fourth-order valence-corrected chi connectivity index (χ4v) is 2.08. The van der Waals surface area contributed by atoms with Crippen LogP contribution in [0.3, 0.4) is 0 Å². The number of hydrogen-bond acceptors (Lipinski definition) is 4. The first-order chi connectivity index (χ1) is 9.22. The molecular weight excluding hydrogens is 262 g/mol. The van der Waals surface area contributed by atoms with E-state index in [4.69, 9.17) is 16.1 Å². The summed E-state index contributed by atoms with van der Waals surface area (Å²) in [7, 11) is 0. The number of halogens is 1. The van der Waals surface area contributed by atoms with Crippen LogP contribution in [0.2, 0.25) is 5.02 Å². The molecule has 2 aromatic rings. The molecule has 1 atom stereocenters. The fourth-order valence-electron chi connectivity index (χ4n) is 1.96. The lowest BCUT2D eigenvalue weighted by molar-refractivity contribution is 0.356. The third-order valence-electron chi connectivity index (χ3n) is 3.36. The van der Waals surface area contributed by atoms with E-state index in [0.29, 0.717) is 18.4 Å². The van der Waals surface area contributed by atoms with Crippen molar-refractivity contribution in [2.75, 3.05) is 0 Å². The second-order valence-corrected chi connectivity index (χ2v) is 5.41. The van der Waals surface area contributed by atoms with Gasteiger partial charge in [-0.3, -0.25) is 0 Å². The van der Waals surface area contributed by atoms with Crippen molar-refractivity contribution in [1.29, 1.82) is 0 Å². The van der Waals surface area contributed by atoms with Gasteiger partial charge in [0.15, 0.2) is 5.82 Å². The normalized spacial score (nSPS) is 16.5. The van der Waals surface area contributed by atoms with Crippen LogP contribution < -0.4 is 5.32 Å². The summed E-state index contributed by atoms with van der Waals surface area (Å²) in [6.07, 6.45) is 2.38. The fraction of sp³-hybridized carbons (Fsp3) is 0.429. The summed E-state index contributed by atoms with van der Waals surface area (Å²) in [6.45, 7) is 2.69. The van der Waals surface area contributed by atoms with Crippen molar-refractivity contribution in [3.8, 4) is 0 Å². The summed E-state index contributed by atoms with van der Waals surface area (Å²) < 4.78 is 5.23. The highest BCUT2D eigenvalue weighted by molar-refractivity contribution is 6.30. The Morgan fingerprint density at radius 3 is 2.79 bits per heavy atom. The SMILES string of the molecule is CC(NCc1nc(C2CC2)no1)c1ccc(Cl)cc1. The highest BCUT2D eigenvalue weighted by Gasteiger charge is 2.28. The molecule has 0 saturated heterocycles. The molecule has 0 radical (unpaired) electrons. The zero-order chi connectivity index (χ0) is 13.2. The monoisotopic (exact) mass is 277 g/mol. The summed E-state index contributed by atoms with van der Waals surface area (Å²) >= 11 is 5.87. The molecule has 100 valence electrons. The van der Waals surface area contributed by atoms with Crippen molar-refractivity contribution in [3.05, 3.63) is 46.6 Å². The Balaban J connectivity index is 1.56. The Labute approximate surface area is 117 Å². The minimum absolute atomic E-state index is 0.216. The molecule has 4 nitrogen and oxygen atoms in total. The molecule has 1 aliphatic carbocycles. The van der Waals surface area contributed by atoms with E-state index in [2.05, 4.69) is 22.4 Å². The molecular formula is C14H16ClN3O. The lowest BCUT2D eigenvalue weighted by Gasteiger charge is -2.12. The van der Waals surface area contributed by atoms with E-state index >= 15 is 0 Å². The van der Waals surface area contributed by atoms with Gasteiger partial charge in [0.1, 0.15) is 0 Å². The van der Waals surface area contributed by atoms with E-state index in [-0.39, 0.29) is 6.04 Å². The van der Waals surface area contributed by atoms with E-state index in [9.17, 15) is 0 Å². The summed E-state index contributed by atoms with van der Waals surface area (Å²) in [4.78, 5) is 4.39. The van der Waals surface area contributed by atoms with Crippen molar-refractivity contribution in [3.63, 3.8) is 0 Å². The Morgan fingerprint density at radius 2 is 2.11 bits per heavy atom. The highest BCUT2D eigenvalue weighted by Crippen LogP contribution is 2.38.